The Bertz CT molecular complexity index is 508. The van der Waals surface area contributed by atoms with Crippen molar-refractivity contribution in [2.75, 3.05) is 7.11 Å². The average Bonchev–Trinajstić information content (AvgIpc) is 2.37. The number of amides is 1. The van der Waals surface area contributed by atoms with E-state index in [0.29, 0.717) is 6.42 Å². The highest BCUT2D eigenvalue weighted by Crippen LogP contribution is 2.13. The summed E-state index contributed by atoms with van der Waals surface area (Å²) in [5, 5.41) is 2.80. The van der Waals surface area contributed by atoms with E-state index in [9.17, 15) is 4.79 Å². The van der Waals surface area contributed by atoms with Gasteiger partial charge in [-0.05, 0) is 51.0 Å². The second-order valence-corrected chi connectivity index (χ2v) is 5.68. The fourth-order valence-corrected chi connectivity index (χ4v) is 1.77. The number of carbonyl (C=O) groups is 1. The van der Waals surface area contributed by atoms with Gasteiger partial charge in [0.2, 0.25) is 0 Å². The number of hydrogen-bond donors (Lipinski definition) is 1. The molecule has 1 aromatic rings. The van der Waals surface area contributed by atoms with Gasteiger partial charge in [-0.2, -0.15) is 0 Å². The van der Waals surface area contributed by atoms with Crippen molar-refractivity contribution < 1.29 is 14.3 Å². The lowest BCUT2D eigenvalue weighted by Gasteiger charge is -2.22. The van der Waals surface area contributed by atoms with Crippen molar-refractivity contribution in [2.45, 2.75) is 38.8 Å². The summed E-state index contributed by atoms with van der Waals surface area (Å²) in [6.45, 7) is 9.04. The van der Waals surface area contributed by atoms with Gasteiger partial charge in [-0.25, -0.2) is 4.79 Å². The van der Waals surface area contributed by atoms with Gasteiger partial charge < -0.3 is 14.8 Å². The molecule has 0 radical (unpaired) electrons. The lowest BCUT2D eigenvalue weighted by atomic mass is 10.1. The number of hydrogen-bond acceptors (Lipinski definition) is 3. The Balaban J connectivity index is 2.68. The molecule has 1 amide bonds. The zero-order valence-electron chi connectivity index (χ0n) is 13.1. The van der Waals surface area contributed by atoms with E-state index in [1.54, 1.807) is 13.2 Å². The number of rotatable bonds is 5. The Hall–Kier alpha value is -2.19. The highest BCUT2D eigenvalue weighted by molar-refractivity contribution is 5.68. The van der Waals surface area contributed by atoms with Crippen LogP contribution in [0.2, 0.25) is 0 Å². The lowest BCUT2D eigenvalue weighted by molar-refractivity contribution is 0.0514. The van der Waals surface area contributed by atoms with Crippen LogP contribution in [-0.2, 0) is 11.2 Å². The molecule has 0 aliphatic rings. The van der Waals surface area contributed by atoms with Gasteiger partial charge in [0, 0.05) is 0 Å². The monoisotopic (exact) mass is 289 g/mol. The molecule has 114 valence electrons. The summed E-state index contributed by atoms with van der Waals surface area (Å²) in [5.74, 6) is 0.801. The van der Waals surface area contributed by atoms with Gasteiger partial charge in [-0.15, -0.1) is 5.73 Å². The summed E-state index contributed by atoms with van der Waals surface area (Å²) >= 11 is 0. The van der Waals surface area contributed by atoms with Crippen LogP contribution < -0.4 is 10.1 Å². The maximum atomic E-state index is 11.8. The maximum Gasteiger partial charge on any atom is 0.408 e. The molecule has 1 rings (SSSR count). The molecule has 0 aliphatic heterocycles. The minimum atomic E-state index is -0.521. The van der Waals surface area contributed by atoms with Crippen LogP contribution in [0.3, 0.4) is 0 Å². The number of nitrogens with one attached hydrogen (secondary N) is 1. The van der Waals surface area contributed by atoms with Crippen molar-refractivity contribution in [2.24, 2.45) is 0 Å². The highest BCUT2D eigenvalue weighted by atomic mass is 16.6. The van der Waals surface area contributed by atoms with Crippen molar-refractivity contribution in [1.82, 2.24) is 5.32 Å². The van der Waals surface area contributed by atoms with Crippen LogP contribution in [0.15, 0.2) is 42.7 Å². The van der Waals surface area contributed by atoms with E-state index in [1.165, 1.54) is 0 Å². The summed E-state index contributed by atoms with van der Waals surface area (Å²) in [7, 11) is 1.63. The van der Waals surface area contributed by atoms with Gasteiger partial charge >= 0.3 is 6.09 Å². The van der Waals surface area contributed by atoms with Gasteiger partial charge in [0.05, 0.1) is 13.2 Å². The molecule has 1 N–H and O–H groups in total. The molecule has 4 nitrogen and oxygen atoms in total. The molecule has 0 aromatic heterocycles. The molecule has 0 aliphatic carbocycles. The van der Waals surface area contributed by atoms with Gasteiger partial charge in [-0.1, -0.05) is 18.7 Å². The van der Waals surface area contributed by atoms with Crippen LogP contribution in [0, 0.1) is 0 Å². The Morgan fingerprint density at radius 3 is 2.48 bits per heavy atom. The quantitative estimate of drug-likeness (QED) is 0.844. The van der Waals surface area contributed by atoms with E-state index >= 15 is 0 Å². The van der Waals surface area contributed by atoms with Gasteiger partial charge in [-0.3, -0.25) is 0 Å². The van der Waals surface area contributed by atoms with Crippen LogP contribution in [-0.4, -0.2) is 24.8 Å². The molecule has 1 aromatic carbocycles. The molecule has 0 heterocycles. The molecule has 21 heavy (non-hydrogen) atoms. The van der Waals surface area contributed by atoms with Crippen molar-refractivity contribution in [1.29, 1.82) is 0 Å². The second-order valence-electron chi connectivity index (χ2n) is 5.68. The first-order valence-corrected chi connectivity index (χ1v) is 6.82. The predicted molar refractivity (Wildman–Crippen MR) is 83.6 cm³/mol. The standard InChI is InChI=1S/C17H23NO3/c1-6-7-14(18-16(19)21-17(2,3)4)12-13-8-10-15(20-5)11-9-13/h7-11,14H,1,12H2,2-5H3,(H,18,19)/t14-/m1/s1. The number of methoxy groups -OCH3 is 1. The summed E-state index contributed by atoms with van der Waals surface area (Å²) in [5.41, 5.74) is 3.26. The van der Waals surface area contributed by atoms with E-state index in [2.05, 4.69) is 17.6 Å². The molecule has 0 fully saturated rings. The summed E-state index contributed by atoms with van der Waals surface area (Å²) in [6.07, 6.45) is 1.90. The van der Waals surface area contributed by atoms with Crippen LogP contribution in [0.5, 0.6) is 5.75 Å². The largest absolute Gasteiger partial charge is 0.497 e. The average molecular weight is 289 g/mol. The third-order valence-corrected chi connectivity index (χ3v) is 2.64. The lowest BCUT2D eigenvalue weighted by Crippen LogP contribution is -2.39. The minimum absolute atomic E-state index is 0.217. The normalized spacial score (nSPS) is 12.0. The first kappa shape index (κ1) is 16.9. The molecule has 0 spiro atoms. The number of ether oxygens (including phenoxy) is 2. The summed E-state index contributed by atoms with van der Waals surface area (Å²) in [4.78, 5) is 11.8. The third-order valence-electron chi connectivity index (χ3n) is 2.64. The SMILES string of the molecule is C=C=C[C@H](Cc1ccc(OC)cc1)NC(=O)OC(C)(C)C. The number of carbonyl (C=O) groups excluding carboxylic acids is 1. The van der Waals surface area contributed by atoms with E-state index < -0.39 is 11.7 Å². The minimum Gasteiger partial charge on any atom is -0.497 e. The number of benzene rings is 1. The fourth-order valence-electron chi connectivity index (χ4n) is 1.77. The van der Waals surface area contributed by atoms with Crippen molar-refractivity contribution >= 4 is 6.09 Å². The van der Waals surface area contributed by atoms with Crippen LogP contribution in [0.1, 0.15) is 26.3 Å². The smallest absolute Gasteiger partial charge is 0.408 e. The Kier molecular flexibility index (Phi) is 6.07. The van der Waals surface area contributed by atoms with E-state index in [1.807, 2.05) is 45.0 Å². The first-order valence-electron chi connectivity index (χ1n) is 6.82. The third kappa shape index (κ3) is 6.68. The second kappa shape index (κ2) is 7.55. The maximum absolute atomic E-state index is 11.8. The van der Waals surface area contributed by atoms with Crippen LogP contribution in [0.4, 0.5) is 4.79 Å². The fraction of sp³-hybridized carbons (Fsp3) is 0.412. The van der Waals surface area contributed by atoms with Gasteiger partial charge in [0.15, 0.2) is 0 Å². The molecule has 0 bridgehead atoms. The summed E-state index contributed by atoms with van der Waals surface area (Å²) in [6, 6.07) is 7.47. The van der Waals surface area contributed by atoms with Crippen LogP contribution >= 0.6 is 0 Å². The number of alkyl carbamates (subject to hydrolysis) is 1. The van der Waals surface area contributed by atoms with Crippen molar-refractivity contribution in [3.8, 4) is 5.75 Å². The van der Waals surface area contributed by atoms with E-state index in [0.717, 1.165) is 11.3 Å². The van der Waals surface area contributed by atoms with Crippen molar-refractivity contribution in [3.05, 3.63) is 48.2 Å². The topological polar surface area (TPSA) is 47.6 Å². The highest BCUT2D eigenvalue weighted by Gasteiger charge is 2.18. The summed E-state index contributed by atoms with van der Waals surface area (Å²) < 4.78 is 10.4. The molecule has 1 atom stereocenters. The Labute approximate surface area is 126 Å². The van der Waals surface area contributed by atoms with Gasteiger partial charge in [0.25, 0.3) is 0 Å². The van der Waals surface area contributed by atoms with Crippen LogP contribution in [0.25, 0.3) is 0 Å². The first-order chi connectivity index (χ1) is 9.84. The zero-order valence-corrected chi connectivity index (χ0v) is 13.1. The molecular weight excluding hydrogens is 266 g/mol. The Morgan fingerprint density at radius 2 is 2.00 bits per heavy atom. The molecule has 0 saturated heterocycles. The molecular formula is C17H23NO3. The Morgan fingerprint density at radius 1 is 1.38 bits per heavy atom. The predicted octanol–water partition coefficient (Wildman–Crippen LogP) is 3.47. The molecule has 0 saturated carbocycles. The molecule has 4 heteroatoms. The molecule has 0 unspecified atom stereocenters. The van der Waals surface area contributed by atoms with Crippen molar-refractivity contribution in [3.63, 3.8) is 0 Å². The zero-order chi connectivity index (χ0) is 15.9. The van der Waals surface area contributed by atoms with Gasteiger partial charge in [0.1, 0.15) is 11.4 Å². The van der Waals surface area contributed by atoms with E-state index in [4.69, 9.17) is 9.47 Å². The van der Waals surface area contributed by atoms with E-state index in [-0.39, 0.29) is 6.04 Å².